The predicted octanol–water partition coefficient (Wildman–Crippen LogP) is 2.75. The molecule has 33 heavy (non-hydrogen) atoms. The summed E-state index contributed by atoms with van der Waals surface area (Å²) in [6.07, 6.45) is 0.777. The van der Waals surface area contributed by atoms with Gasteiger partial charge in [0, 0.05) is 49.8 Å². The minimum absolute atomic E-state index is 0.0986. The molecule has 2 aliphatic heterocycles. The summed E-state index contributed by atoms with van der Waals surface area (Å²) in [5.41, 5.74) is 5.70. The number of nitrogens with zero attached hydrogens (tertiary/aromatic N) is 4. The second-order valence-electron chi connectivity index (χ2n) is 8.84. The van der Waals surface area contributed by atoms with Crippen molar-refractivity contribution in [2.75, 3.05) is 24.5 Å². The molecule has 168 valence electrons. The van der Waals surface area contributed by atoms with Gasteiger partial charge < -0.3 is 9.80 Å². The van der Waals surface area contributed by atoms with Crippen LogP contribution in [0.2, 0.25) is 0 Å². The number of hydrogen-bond acceptors (Lipinski definition) is 4. The van der Waals surface area contributed by atoms with Gasteiger partial charge in [0.15, 0.2) is 0 Å². The number of fused-ring (bicyclic) bond motifs is 1. The highest BCUT2D eigenvalue weighted by molar-refractivity contribution is 5.95. The zero-order valence-electron chi connectivity index (χ0n) is 18.8. The Morgan fingerprint density at radius 1 is 1.03 bits per heavy atom. The van der Waals surface area contributed by atoms with Gasteiger partial charge in [-0.15, -0.1) is 0 Å². The lowest BCUT2D eigenvalue weighted by molar-refractivity contribution is -0.133. The molecule has 7 heteroatoms. The van der Waals surface area contributed by atoms with Crippen molar-refractivity contribution >= 4 is 17.5 Å². The first-order chi connectivity index (χ1) is 15.9. The molecule has 7 nitrogen and oxygen atoms in total. The van der Waals surface area contributed by atoms with Crippen molar-refractivity contribution in [3.8, 4) is 11.3 Å². The van der Waals surface area contributed by atoms with E-state index in [4.69, 9.17) is 0 Å². The first-order valence-corrected chi connectivity index (χ1v) is 11.2. The van der Waals surface area contributed by atoms with Crippen molar-refractivity contribution in [2.24, 2.45) is 0 Å². The molecule has 0 spiro atoms. The smallest absolute Gasteiger partial charge is 0.267 e. The highest BCUT2D eigenvalue weighted by atomic mass is 16.2. The lowest BCUT2D eigenvalue weighted by Gasteiger charge is -2.39. The maximum absolute atomic E-state index is 13.2. The number of amides is 2. The Morgan fingerprint density at radius 2 is 1.79 bits per heavy atom. The second kappa shape index (κ2) is 8.31. The van der Waals surface area contributed by atoms with E-state index >= 15 is 0 Å². The summed E-state index contributed by atoms with van der Waals surface area (Å²) < 4.78 is 1.25. The fourth-order valence-corrected chi connectivity index (χ4v) is 4.69. The summed E-state index contributed by atoms with van der Waals surface area (Å²) in [5, 5.41) is 4.45. The van der Waals surface area contributed by atoms with Gasteiger partial charge in [-0.2, -0.15) is 5.10 Å². The van der Waals surface area contributed by atoms with Crippen LogP contribution in [0.25, 0.3) is 11.3 Å². The van der Waals surface area contributed by atoms with Crippen LogP contribution in [0, 0.1) is 6.92 Å². The molecule has 0 unspecified atom stereocenters. The maximum atomic E-state index is 13.2. The predicted molar refractivity (Wildman–Crippen MR) is 126 cm³/mol. The maximum Gasteiger partial charge on any atom is 0.267 e. The van der Waals surface area contributed by atoms with Gasteiger partial charge >= 0.3 is 0 Å². The number of carbonyl (C=O) groups excluding carboxylic acids is 2. The second-order valence-corrected chi connectivity index (χ2v) is 8.84. The first kappa shape index (κ1) is 21.1. The van der Waals surface area contributed by atoms with Gasteiger partial charge in [-0.3, -0.25) is 14.4 Å². The summed E-state index contributed by atoms with van der Waals surface area (Å²) in [6.45, 7) is 5.54. The quantitative estimate of drug-likeness (QED) is 0.623. The number of rotatable bonds is 4. The number of aromatic nitrogens is 2. The molecule has 1 aromatic heterocycles. The zero-order valence-corrected chi connectivity index (χ0v) is 18.8. The molecule has 0 saturated carbocycles. The van der Waals surface area contributed by atoms with Crippen molar-refractivity contribution in [1.29, 1.82) is 0 Å². The summed E-state index contributed by atoms with van der Waals surface area (Å²) in [6, 6.07) is 17.1. The van der Waals surface area contributed by atoms with Gasteiger partial charge in [0.1, 0.15) is 6.54 Å². The van der Waals surface area contributed by atoms with Crippen LogP contribution < -0.4 is 10.5 Å². The largest absolute Gasteiger partial charge is 0.342 e. The van der Waals surface area contributed by atoms with Crippen LogP contribution in [0.5, 0.6) is 0 Å². The topological polar surface area (TPSA) is 75.5 Å². The van der Waals surface area contributed by atoms with Crippen molar-refractivity contribution in [3.63, 3.8) is 0 Å². The fraction of sp³-hybridized carbons (Fsp3) is 0.308. The molecule has 1 fully saturated rings. The lowest BCUT2D eigenvalue weighted by atomic mass is 9.87. The SMILES string of the molecule is CC(=O)N1CC(c2cccc3c2CCN3C(=O)Cn2nc(-c3ccc(C)cc3)ccc2=O)C1. The number of hydrogen-bond donors (Lipinski definition) is 0. The molecule has 0 N–H and O–H groups in total. The first-order valence-electron chi connectivity index (χ1n) is 11.2. The Hall–Kier alpha value is -3.74. The molecule has 2 aromatic carbocycles. The average Bonchev–Trinajstić information content (AvgIpc) is 3.20. The highest BCUT2D eigenvalue weighted by Gasteiger charge is 2.34. The minimum atomic E-state index is -0.300. The molecule has 0 bridgehead atoms. The normalized spacial score (nSPS) is 15.3. The van der Waals surface area contributed by atoms with Gasteiger partial charge in [0.25, 0.3) is 5.56 Å². The molecule has 2 amide bonds. The summed E-state index contributed by atoms with van der Waals surface area (Å²) in [4.78, 5) is 40.8. The Labute approximate surface area is 192 Å². The molecule has 0 radical (unpaired) electrons. The highest BCUT2D eigenvalue weighted by Crippen LogP contribution is 2.37. The van der Waals surface area contributed by atoms with E-state index in [1.54, 1.807) is 17.9 Å². The number of likely N-dealkylation sites (tertiary alicyclic amines) is 1. The van der Waals surface area contributed by atoms with Crippen LogP contribution in [-0.4, -0.2) is 46.1 Å². The van der Waals surface area contributed by atoms with Gasteiger partial charge in [-0.25, -0.2) is 4.68 Å². The zero-order chi connectivity index (χ0) is 23.1. The van der Waals surface area contributed by atoms with Gasteiger partial charge in [0.05, 0.1) is 5.69 Å². The molecule has 3 aromatic rings. The van der Waals surface area contributed by atoms with Crippen LogP contribution in [0.1, 0.15) is 29.5 Å². The molecular formula is C26H26N4O3. The summed E-state index contributed by atoms with van der Waals surface area (Å²) in [7, 11) is 0. The van der Waals surface area contributed by atoms with E-state index in [-0.39, 0.29) is 23.9 Å². The average molecular weight is 443 g/mol. The molecule has 0 aliphatic carbocycles. The third-order valence-corrected chi connectivity index (χ3v) is 6.63. The van der Waals surface area contributed by atoms with Crippen LogP contribution in [0.3, 0.4) is 0 Å². The molecule has 5 rings (SSSR count). The van der Waals surface area contributed by atoms with Crippen LogP contribution in [0.15, 0.2) is 59.4 Å². The number of anilines is 1. The van der Waals surface area contributed by atoms with Gasteiger partial charge in [0.2, 0.25) is 11.8 Å². The number of benzene rings is 2. The molecule has 3 heterocycles. The van der Waals surface area contributed by atoms with E-state index < -0.39 is 0 Å². The van der Waals surface area contributed by atoms with E-state index in [0.29, 0.717) is 18.2 Å². The monoisotopic (exact) mass is 442 g/mol. The molecular weight excluding hydrogens is 416 g/mol. The summed E-state index contributed by atoms with van der Waals surface area (Å²) in [5.74, 6) is 0.261. The molecule has 2 aliphatic rings. The van der Waals surface area contributed by atoms with Gasteiger partial charge in [-0.1, -0.05) is 42.0 Å². The third-order valence-electron chi connectivity index (χ3n) is 6.63. The molecule has 0 atom stereocenters. The summed E-state index contributed by atoms with van der Waals surface area (Å²) >= 11 is 0. The number of carbonyl (C=O) groups is 2. The van der Waals surface area contributed by atoms with Crippen molar-refractivity contribution < 1.29 is 9.59 Å². The van der Waals surface area contributed by atoms with Crippen LogP contribution in [0.4, 0.5) is 5.69 Å². The minimum Gasteiger partial charge on any atom is -0.342 e. The third kappa shape index (κ3) is 3.95. The van der Waals surface area contributed by atoms with Crippen molar-refractivity contribution in [1.82, 2.24) is 14.7 Å². The van der Waals surface area contributed by atoms with Crippen molar-refractivity contribution in [2.45, 2.75) is 32.7 Å². The lowest BCUT2D eigenvalue weighted by Crippen LogP contribution is -2.47. The van der Waals surface area contributed by atoms with Crippen molar-refractivity contribution in [3.05, 3.63) is 81.6 Å². The Kier molecular flexibility index (Phi) is 5.32. The Bertz CT molecular complexity index is 1290. The van der Waals surface area contributed by atoms with E-state index in [2.05, 4.69) is 11.2 Å². The number of aryl methyl sites for hydroxylation is 1. The Balaban J connectivity index is 1.36. The Morgan fingerprint density at radius 3 is 2.52 bits per heavy atom. The van der Waals surface area contributed by atoms with E-state index in [1.807, 2.05) is 48.2 Å². The fourth-order valence-electron chi connectivity index (χ4n) is 4.69. The van der Waals surface area contributed by atoms with E-state index in [1.165, 1.54) is 21.9 Å². The standard InChI is InChI=1S/C26H26N4O3/c1-17-6-8-19(9-7-17)23-10-11-25(32)30(27-23)16-26(33)29-13-12-22-21(4-3-5-24(22)29)20-14-28(15-20)18(2)31/h3-11,20H,12-16H2,1-2H3. The van der Waals surface area contributed by atoms with Gasteiger partial charge in [-0.05, 0) is 36.6 Å². The van der Waals surface area contributed by atoms with Crippen LogP contribution in [-0.2, 0) is 22.6 Å². The van der Waals surface area contributed by atoms with Crippen LogP contribution >= 0.6 is 0 Å². The molecule has 1 saturated heterocycles. The van der Waals surface area contributed by atoms with E-state index in [0.717, 1.165) is 36.3 Å². The van der Waals surface area contributed by atoms with E-state index in [9.17, 15) is 14.4 Å².